The number of nitrogens with zero attached hydrogens (tertiary/aromatic N) is 1. The summed E-state index contributed by atoms with van der Waals surface area (Å²) in [6.07, 6.45) is 2.91. The molecular formula is C17H28N2O4S2. The van der Waals surface area contributed by atoms with E-state index in [1.165, 1.54) is 12.5 Å². The van der Waals surface area contributed by atoms with E-state index in [9.17, 15) is 13.2 Å². The lowest BCUT2D eigenvalue weighted by atomic mass is 9.92. The number of carboxylic acids is 1. The molecule has 1 saturated heterocycles. The van der Waals surface area contributed by atoms with Gasteiger partial charge in [0.15, 0.2) is 0 Å². The molecule has 8 heteroatoms. The lowest BCUT2D eigenvalue weighted by Gasteiger charge is -2.34. The van der Waals surface area contributed by atoms with Crippen LogP contribution in [-0.2, 0) is 21.2 Å². The van der Waals surface area contributed by atoms with Gasteiger partial charge in [-0.2, -0.15) is 0 Å². The molecule has 2 N–H and O–H groups in total. The molecule has 0 spiro atoms. The van der Waals surface area contributed by atoms with E-state index in [2.05, 4.69) is 23.5 Å². The molecule has 2 heterocycles. The first-order chi connectivity index (χ1) is 11.8. The van der Waals surface area contributed by atoms with Crippen LogP contribution in [0.15, 0.2) is 16.3 Å². The Morgan fingerprint density at radius 2 is 1.96 bits per heavy atom. The first kappa shape index (κ1) is 20.4. The molecule has 142 valence electrons. The molecule has 0 aliphatic carbocycles. The summed E-state index contributed by atoms with van der Waals surface area (Å²) in [6.45, 7) is 8.27. The fraction of sp³-hybridized carbons (Fsp3) is 0.706. The Labute approximate surface area is 154 Å². The highest BCUT2D eigenvalue weighted by Crippen LogP contribution is 2.22. The van der Waals surface area contributed by atoms with E-state index in [4.69, 9.17) is 5.11 Å². The van der Waals surface area contributed by atoms with Crippen molar-refractivity contribution in [2.45, 2.75) is 43.7 Å². The summed E-state index contributed by atoms with van der Waals surface area (Å²) in [5, 5.41) is 8.76. The van der Waals surface area contributed by atoms with Gasteiger partial charge in [0.1, 0.15) is 4.21 Å². The summed E-state index contributed by atoms with van der Waals surface area (Å²) >= 11 is 1.02. The van der Waals surface area contributed by atoms with Crippen molar-refractivity contribution in [1.29, 1.82) is 0 Å². The summed E-state index contributed by atoms with van der Waals surface area (Å²) < 4.78 is 27.2. The van der Waals surface area contributed by atoms with Gasteiger partial charge in [-0.1, -0.05) is 13.8 Å². The van der Waals surface area contributed by atoms with Gasteiger partial charge in [0, 0.05) is 24.5 Å². The summed E-state index contributed by atoms with van der Waals surface area (Å²) in [4.78, 5) is 13.7. The van der Waals surface area contributed by atoms with E-state index in [-0.39, 0.29) is 10.6 Å². The second-order valence-corrected chi connectivity index (χ2v) is 10.3. The van der Waals surface area contributed by atoms with Crippen molar-refractivity contribution in [2.24, 2.45) is 11.8 Å². The van der Waals surface area contributed by atoms with Crippen molar-refractivity contribution >= 4 is 27.3 Å². The van der Waals surface area contributed by atoms with Gasteiger partial charge in [-0.05, 0) is 49.8 Å². The number of carboxylic acid groups (broad SMARTS) is 1. The molecule has 1 aliphatic rings. The molecule has 2 unspecified atom stereocenters. The molecule has 1 aromatic rings. The highest BCUT2D eigenvalue weighted by atomic mass is 32.2. The van der Waals surface area contributed by atoms with Crippen LogP contribution in [0.5, 0.6) is 0 Å². The largest absolute Gasteiger partial charge is 0.481 e. The monoisotopic (exact) mass is 388 g/mol. The van der Waals surface area contributed by atoms with Crippen molar-refractivity contribution in [1.82, 2.24) is 9.62 Å². The topological polar surface area (TPSA) is 86.7 Å². The minimum Gasteiger partial charge on any atom is -0.481 e. The van der Waals surface area contributed by atoms with Crippen molar-refractivity contribution in [3.8, 4) is 0 Å². The number of aliphatic carboxylic acids is 1. The fourth-order valence-electron chi connectivity index (χ4n) is 3.46. The number of hydrogen-bond donors (Lipinski definition) is 2. The van der Waals surface area contributed by atoms with Crippen LogP contribution in [-0.4, -0.2) is 50.6 Å². The van der Waals surface area contributed by atoms with E-state index in [1.807, 2.05) is 0 Å². The first-order valence-electron chi connectivity index (χ1n) is 8.79. The number of sulfonamides is 1. The number of carbonyl (C=O) groups is 1. The smallest absolute Gasteiger partial charge is 0.308 e. The molecule has 2 rings (SSSR count). The number of unbranched alkanes of at least 4 members (excludes halogenated alkanes) is 1. The van der Waals surface area contributed by atoms with Crippen molar-refractivity contribution in [3.05, 3.63) is 17.0 Å². The number of likely N-dealkylation sites (tertiary alicyclic amines) is 1. The summed E-state index contributed by atoms with van der Waals surface area (Å²) in [5.41, 5.74) is 0. The number of thiophene rings is 1. The van der Waals surface area contributed by atoms with E-state index in [0.29, 0.717) is 11.4 Å². The van der Waals surface area contributed by atoms with Gasteiger partial charge in [0.25, 0.3) is 0 Å². The third-order valence-corrected chi connectivity index (χ3v) is 7.40. The molecule has 25 heavy (non-hydrogen) atoms. The van der Waals surface area contributed by atoms with Gasteiger partial charge in [-0.25, -0.2) is 13.1 Å². The quantitative estimate of drug-likeness (QED) is 0.635. The third-order valence-electron chi connectivity index (χ3n) is 4.36. The Morgan fingerprint density at radius 3 is 2.60 bits per heavy atom. The van der Waals surface area contributed by atoms with Crippen LogP contribution in [0.3, 0.4) is 0 Å². The van der Waals surface area contributed by atoms with Crippen LogP contribution >= 0.6 is 11.3 Å². The highest BCUT2D eigenvalue weighted by molar-refractivity contribution is 7.91. The van der Waals surface area contributed by atoms with Crippen LogP contribution in [0.4, 0.5) is 0 Å². The maximum absolute atomic E-state index is 12.2. The van der Waals surface area contributed by atoms with Crippen molar-refractivity contribution in [3.63, 3.8) is 0 Å². The van der Waals surface area contributed by atoms with E-state index >= 15 is 0 Å². The van der Waals surface area contributed by atoms with E-state index in [1.54, 1.807) is 6.07 Å². The predicted octanol–water partition coefficient (Wildman–Crippen LogP) is 2.41. The van der Waals surface area contributed by atoms with Crippen LogP contribution in [0.1, 0.15) is 38.0 Å². The zero-order chi connectivity index (χ0) is 18.4. The molecular weight excluding hydrogens is 360 g/mol. The Morgan fingerprint density at radius 1 is 1.28 bits per heavy atom. The standard InChI is InChI=1S/C17H28N2O4S2/c1-13-9-14(2)12-19(11-13)8-4-3-7-18-25(22,23)17-6-5-15(24-17)10-16(20)21/h5-6,13-14,18H,3-4,7-12H2,1-2H3,(H,20,21). The Kier molecular flexibility index (Phi) is 7.42. The Bertz CT molecular complexity index is 662. The first-order valence-corrected chi connectivity index (χ1v) is 11.1. The molecule has 0 bridgehead atoms. The average molecular weight is 389 g/mol. The lowest BCUT2D eigenvalue weighted by molar-refractivity contribution is -0.136. The molecule has 0 radical (unpaired) electrons. The van der Waals surface area contributed by atoms with Gasteiger partial charge >= 0.3 is 5.97 Å². The minimum atomic E-state index is -3.54. The number of nitrogens with one attached hydrogen (secondary N) is 1. The maximum Gasteiger partial charge on any atom is 0.308 e. The van der Waals surface area contributed by atoms with Crippen LogP contribution in [0, 0.1) is 11.8 Å². The molecule has 1 aromatic heterocycles. The normalized spacial score (nSPS) is 22.2. The van der Waals surface area contributed by atoms with Gasteiger partial charge in [-0.3, -0.25) is 4.79 Å². The zero-order valence-electron chi connectivity index (χ0n) is 14.9. The second kappa shape index (κ2) is 9.12. The van der Waals surface area contributed by atoms with Gasteiger partial charge in [0.05, 0.1) is 6.42 Å². The SMILES string of the molecule is CC1CC(C)CN(CCCCNS(=O)(=O)c2ccc(CC(=O)O)s2)C1. The average Bonchev–Trinajstić information content (AvgIpc) is 2.94. The summed E-state index contributed by atoms with van der Waals surface area (Å²) in [6, 6.07) is 3.04. The molecule has 6 nitrogen and oxygen atoms in total. The molecule has 0 amide bonds. The highest BCUT2D eigenvalue weighted by Gasteiger charge is 2.21. The van der Waals surface area contributed by atoms with Crippen LogP contribution < -0.4 is 4.72 Å². The van der Waals surface area contributed by atoms with Gasteiger partial charge in [0.2, 0.25) is 10.0 Å². The number of piperidine rings is 1. The van der Waals surface area contributed by atoms with E-state index in [0.717, 1.165) is 55.6 Å². The summed E-state index contributed by atoms with van der Waals surface area (Å²) in [5.74, 6) is 0.516. The number of hydrogen-bond acceptors (Lipinski definition) is 5. The molecule has 1 aliphatic heterocycles. The van der Waals surface area contributed by atoms with Crippen molar-refractivity contribution in [2.75, 3.05) is 26.2 Å². The molecule has 0 saturated carbocycles. The Balaban J connectivity index is 1.71. The van der Waals surface area contributed by atoms with Crippen molar-refractivity contribution < 1.29 is 18.3 Å². The minimum absolute atomic E-state index is 0.146. The van der Waals surface area contributed by atoms with Gasteiger partial charge < -0.3 is 10.0 Å². The molecule has 2 atom stereocenters. The van der Waals surface area contributed by atoms with E-state index < -0.39 is 16.0 Å². The lowest BCUT2D eigenvalue weighted by Crippen LogP contribution is -2.39. The Hall–Kier alpha value is -0.960. The second-order valence-electron chi connectivity index (χ2n) is 7.10. The number of rotatable bonds is 9. The van der Waals surface area contributed by atoms with Crippen LogP contribution in [0.25, 0.3) is 0 Å². The molecule has 0 aromatic carbocycles. The summed E-state index contributed by atoms with van der Waals surface area (Å²) in [7, 11) is -3.54. The maximum atomic E-state index is 12.2. The fourth-order valence-corrected chi connectivity index (χ4v) is 5.92. The predicted molar refractivity (Wildman–Crippen MR) is 99.5 cm³/mol. The third kappa shape index (κ3) is 6.69. The van der Waals surface area contributed by atoms with Gasteiger partial charge in [-0.15, -0.1) is 11.3 Å². The zero-order valence-corrected chi connectivity index (χ0v) is 16.5. The molecule has 1 fully saturated rings. The van der Waals surface area contributed by atoms with Crippen LogP contribution in [0.2, 0.25) is 0 Å².